The fourth-order valence-electron chi connectivity index (χ4n) is 5.45. The van der Waals surface area contributed by atoms with E-state index in [0.29, 0.717) is 0 Å². The molecular weight excluding hydrogens is 370 g/mol. The van der Waals surface area contributed by atoms with Crippen molar-refractivity contribution >= 4 is 10.8 Å². The Morgan fingerprint density at radius 1 is 1.00 bits per heavy atom. The minimum absolute atomic E-state index is 0.0479. The van der Waals surface area contributed by atoms with Gasteiger partial charge in [0.1, 0.15) is 17.1 Å². The molecule has 1 unspecified atom stereocenters. The molecule has 1 aliphatic heterocycles. The Morgan fingerprint density at radius 2 is 1.80 bits per heavy atom. The molecule has 0 amide bonds. The van der Waals surface area contributed by atoms with Gasteiger partial charge >= 0.3 is 0 Å². The smallest absolute Gasteiger partial charge is 0.128 e. The van der Waals surface area contributed by atoms with E-state index in [1.54, 1.807) is 7.11 Å². The Bertz CT molecular complexity index is 1030. The largest absolute Gasteiger partial charge is 0.497 e. The number of hydrogen-bond acceptors (Lipinski definition) is 3. The second-order valence-electron chi connectivity index (χ2n) is 8.96. The highest BCUT2D eigenvalue weighted by atomic mass is 16.5. The van der Waals surface area contributed by atoms with Crippen molar-refractivity contribution in [2.45, 2.75) is 63.1 Å². The van der Waals surface area contributed by atoms with Crippen molar-refractivity contribution in [3.63, 3.8) is 0 Å². The zero-order chi connectivity index (χ0) is 20.6. The van der Waals surface area contributed by atoms with E-state index in [-0.39, 0.29) is 17.7 Å². The Hall–Kier alpha value is -2.52. The van der Waals surface area contributed by atoms with Crippen LogP contribution < -0.4 is 14.8 Å². The maximum absolute atomic E-state index is 6.67. The van der Waals surface area contributed by atoms with Gasteiger partial charge in [0, 0.05) is 30.1 Å². The predicted octanol–water partition coefficient (Wildman–Crippen LogP) is 6.73. The molecule has 3 nitrogen and oxygen atoms in total. The van der Waals surface area contributed by atoms with E-state index >= 15 is 0 Å². The van der Waals surface area contributed by atoms with Crippen molar-refractivity contribution in [3.8, 4) is 11.5 Å². The first-order chi connectivity index (χ1) is 14.7. The SMILES string of the molecule is COc1ccc2c(c1)OC1(CCCCC1)C[C@@H]2NC(C)c1cccc2ccccc12. The second-order valence-corrected chi connectivity index (χ2v) is 8.96. The summed E-state index contributed by atoms with van der Waals surface area (Å²) in [4.78, 5) is 0. The number of benzene rings is 3. The highest BCUT2D eigenvalue weighted by molar-refractivity contribution is 5.86. The van der Waals surface area contributed by atoms with Gasteiger partial charge in [0.25, 0.3) is 0 Å². The predicted molar refractivity (Wildman–Crippen MR) is 122 cm³/mol. The third kappa shape index (κ3) is 3.56. The molecule has 156 valence electrons. The first-order valence-corrected chi connectivity index (χ1v) is 11.3. The topological polar surface area (TPSA) is 30.5 Å². The third-order valence-corrected chi connectivity index (χ3v) is 7.00. The summed E-state index contributed by atoms with van der Waals surface area (Å²) in [5, 5.41) is 6.60. The Kier molecular flexibility index (Phi) is 5.16. The lowest BCUT2D eigenvalue weighted by molar-refractivity contribution is -0.00404. The van der Waals surface area contributed by atoms with Crippen LogP contribution in [0.5, 0.6) is 11.5 Å². The number of rotatable bonds is 4. The molecule has 5 rings (SSSR count). The summed E-state index contributed by atoms with van der Waals surface area (Å²) < 4.78 is 12.2. The molecule has 30 heavy (non-hydrogen) atoms. The Labute approximate surface area is 179 Å². The number of nitrogens with one attached hydrogen (secondary N) is 1. The third-order valence-electron chi connectivity index (χ3n) is 7.00. The van der Waals surface area contributed by atoms with Crippen LogP contribution in [-0.4, -0.2) is 12.7 Å². The van der Waals surface area contributed by atoms with E-state index in [1.165, 1.54) is 41.2 Å². The van der Waals surface area contributed by atoms with E-state index in [0.717, 1.165) is 30.8 Å². The van der Waals surface area contributed by atoms with Gasteiger partial charge in [0.2, 0.25) is 0 Å². The molecule has 1 fully saturated rings. The maximum atomic E-state index is 6.67. The van der Waals surface area contributed by atoms with Gasteiger partial charge in [-0.15, -0.1) is 0 Å². The van der Waals surface area contributed by atoms with Gasteiger partial charge in [-0.3, -0.25) is 0 Å². The van der Waals surface area contributed by atoms with Crippen molar-refractivity contribution in [3.05, 3.63) is 71.8 Å². The molecule has 1 aliphatic carbocycles. The van der Waals surface area contributed by atoms with Gasteiger partial charge in [0.15, 0.2) is 0 Å². The number of hydrogen-bond donors (Lipinski definition) is 1. The van der Waals surface area contributed by atoms with E-state index < -0.39 is 0 Å². The number of methoxy groups -OCH3 is 1. The molecule has 3 aromatic rings. The summed E-state index contributed by atoms with van der Waals surface area (Å²) in [7, 11) is 1.72. The van der Waals surface area contributed by atoms with Gasteiger partial charge in [-0.2, -0.15) is 0 Å². The Balaban J connectivity index is 1.49. The van der Waals surface area contributed by atoms with Crippen LogP contribution in [0.3, 0.4) is 0 Å². The van der Waals surface area contributed by atoms with Crippen molar-refractivity contribution in [1.29, 1.82) is 0 Å². The van der Waals surface area contributed by atoms with Crippen LogP contribution in [0.15, 0.2) is 60.7 Å². The molecule has 1 heterocycles. The summed E-state index contributed by atoms with van der Waals surface area (Å²) >= 11 is 0. The summed E-state index contributed by atoms with van der Waals surface area (Å²) in [6, 6.07) is 22.1. The van der Waals surface area contributed by atoms with Crippen molar-refractivity contribution < 1.29 is 9.47 Å². The van der Waals surface area contributed by atoms with E-state index in [1.807, 2.05) is 0 Å². The van der Waals surface area contributed by atoms with Crippen molar-refractivity contribution in [2.24, 2.45) is 0 Å². The lowest BCUT2D eigenvalue weighted by Gasteiger charge is -2.45. The molecule has 0 aromatic heterocycles. The highest BCUT2D eigenvalue weighted by Gasteiger charge is 2.42. The molecule has 2 atom stereocenters. The molecule has 0 bridgehead atoms. The van der Waals surface area contributed by atoms with Crippen LogP contribution in [-0.2, 0) is 0 Å². The zero-order valence-electron chi connectivity index (χ0n) is 18.0. The fraction of sp³-hybridized carbons (Fsp3) is 0.407. The summed E-state index contributed by atoms with van der Waals surface area (Å²) in [6.07, 6.45) is 7.15. The molecular formula is C27H31NO2. The molecule has 2 aliphatic rings. The van der Waals surface area contributed by atoms with Crippen LogP contribution in [0.4, 0.5) is 0 Å². The standard InChI is InChI=1S/C27H31NO2/c1-19(22-12-8-10-20-9-4-5-11-23(20)22)28-25-18-27(15-6-3-7-16-27)30-26-17-21(29-2)13-14-24(25)26/h4-5,8-14,17,19,25,28H,3,6-7,15-16,18H2,1-2H3/t19?,25-/m0/s1. The van der Waals surface area contributed by atoms with E-state index in [9.17, 15) is 0 Å². The molecule has 3 aromatic carbocycles. The van der Waals surface area contributed by atoms with Crippen molar-refractivity contribution in [2.75, 3.05) is 7.11 Å². The monoisotopic (exact) mass is 401 g/mol. The van der Waals surface area contributed by atoms with Crippen LogP contribution in [0.25, 0.3) is 10.8 Å². The van der Waals surface area contributed by atoms with Gasteiger partial charge in [-0.25, -0.2) is 0 Å². The second kappa shape index (κ2) is 7.96. The van der Waals surface area contributed by atoms with Gasteiger partial charge in [-0.05, 0) is 55.0 Å². The molecule has 0 radical (unpaired) electrons. The fourth-order valence-corrected chi connectivity index (χ4v) is 5.45. The van der Waals surface area contributed by atoms with Gasteiger partial charge in [0.05, 0.1) is 7.11 Å². The Morgan fingerprint density at radius 3 is 2.63 bits per heavy atom. The van der Waals surface area contributed by atoms with Crippen LogP contribution in [0, 0.1) is 0 Å². The average molecular weight is 402 g/mol. The summed E-state index contributed by atoms with van der Waals surface area (Å²) in [5.74, 6) is 1.85. The minimum atomic E-state index is -0.0479. The lowest BCUT2D eigenvalue weighted by Crippen LogP contribution is -2.45. The zero-order valence-corrected chi connectivity index (χ0v) is 18.0. The van der Waals surface area contributed by atoms with E-state index in [4.69, 9.17) is 9.47 Å². The quantitative estimate of drug-likeness (QED) is 0.526. The van der Waals surface area contributed by atoms with Gasteiger partial charge < -0.3 is 14.8 Å². The normalized spacial score (nSPS) is 21.1. The molecule has 1 spiro atoms. The summed E-state index contributed by atoms with van der Waals surface area (Å²) in [5.41, 5.74) is 2.56. The van der Waals surface area contributed by atoms with Crippen LogP contribution >= 0.6 is 0 Å². The molecule has 3 heteroatoms. The molecule has 0 saturated heterocycles. The van der Waals surface area contributed by atoms with Crippen LogP contribution in [0.1, 0.15) is 68.7 Å². The average Bonchev–Trinajstić information content (AvgIpc) is 2.78. The van der Waals surface area contributed by atoms with Gasteiger partial charge in [-0.1, -0.05) is 55.0 Å². The van der Waals surface area contributed by atoms with Crippen LogP contribution in [0.2, 0.25) is 0 Å². The number of fused-ring (bicyclic) bond motifs is 2. The first kappa shape index (κ1) is 19.4. The summed E-state index contributed by atoms with van der Waals surface area (Å²) in [6.45, 7) is 2.29. The molecule has 1 saturated carbocycles. The number of ether oxygens (including phenoxy) is 2. The first-order valence-electron chi connectivity index (χ1n) is 11.3. The maximum Gasteiger partial charge on any atom is 0.128 e. The van der Waals surface area contributed by atoms with Crippen molar-refractivity contribution in [1.82, 2.24) is 5.32 Å². The minimum Gasteiger partial charge on any atom is -0.497 e. The van der Waals surface area contributed by atoms with E-state index in [2.05, 4.69) is 72.9 Å². The molecule has 1 N–H and O–H groups in total. The highest BCUT2D eigenvalue weighted by Crippen LogP contribution is 2.47. The lowest BCUT2D eigenvalue weighted by atomic mass is 9.77.